The summed E-state index contributed by atoms with van der Waals surface area (Å²) in [5.74, 6) is -1.08. The second-order valence-electron chi connectivity index (χ2n) is 7.27. The highest BCUT2D eigenvalue weighted by molar-refractivity contribution is 6.28. The van der Waals surface area contributed by atoms with Crippen molar-refractivity contribution in [1.29, 1.82) is 0 Å². The Labute approximate surface area is 166 Å². The van der Waals surface area contributed by atoms with Crippen LogP contribution in [0.1, 0.15) is 32.6 Å². The number of hydrogen-bond donors (Lipinski definition) is 0. The fourth-order valence-electron chi connectivity index (χ4n) is 4.11. The van der Waals surface area contributed by atoms with E-state index in [0.29, 0.717) is 25.5 Å². The fourth-order valence-corrected chi connectivity index (χ4v) is 4.27. The molecule has 1 aromatic heterocycles. The lowest BCUT2D eigenvalue weighted by Gasteiger charge is -2.41. The number of piperazine rings is 1. The number of benzene rings is 1. The summed E-state index contributed by atoms with van der Waals surface area (Å²) in [6, 6.07) is 1.94. The van der Waals surface area contributed by atoms with Crippen LogP contribution >= 0.6 is 11.6 Å². The van der Waals surface area contributed by atoms with Crippen LogP contribution in [0, 0.1) is 11.6 Å². The van der Waals surface area contributed by atoms with Gasteiger partial charge in [0.2, 0.25) is 5.28 Å². The number of hydrogen-bond acceptors (Lipinski definition) is 5. The Morgan fingerprint density at radius 2 is 1.96 bits per heavy atom. The first-order valence-corrected chi connectivity index (χ1v) is 9.88. The summed E-state index contributed by atoms with van der Waals surface area (Å²) >= 11 is 6.00. The predicted octanol–water partition coefficient (Wildman–Crippen LogP) is 4.15. The zero-order valence-electron chi connectivity index (χ0n) is 15.5. The molecule has 2 saturated heterocycles. The molecule has 1 aromatic carbocycles. The molecular weight excluding hydrogens is 390 g/mol. The van der Waals surface area contributed by atoms with Gasteiger partial charge in [0.05, 0.1) is 18.7 Å². The number of aromatic nitrogens is 2. The monoisotopic (exact) mass is 410 g/mol. The van der Waals surface area contributed by atoms with Gasteiger partial charge in [-0.05, 0) is 36.9 Å². The molecule has 0 radical (unpaired) electrons. The third-order valence-corrected chi connectivity index (χ3v) is 5.56. The largest absolute Gasteiger partial charge is 0.449 e. The first-order chi connectivity index (χ1) is 13.5. The van der Waals surface area contributed by atoms with Gasteiger partial charge in [0.1, 0.15) is 17.2 Å². The molecule has 6 nitrogen and oxygen atoms in total. The molecular formula is C19H21ClF2N4O2. The summed E-state index contributed by atoms with van der Waals surface area (Å²) in [6.07, 6.45) is 3.21. The zero-order valence-corrected chi connectivity index (χ0v) is 16.3. The molecule has 1 amide bonds. The molecule has 3 heterocycles. The second-order valence-corrected chi connectivity index (χ2v) is 7.60. The molecule has 2 aromatic rings. The van der Waals surface area contributed by atoms with E-state index < -0.39 is 11.6 Å². The van der Waals surface area contributed by atoms with Gasteiger partial charge >= 0.3 is 6.09 Å². The lowest BCUT2D eigenvalue weighted by Crippen LogP contribution is -2.56. The Morgan fingerprint density at radius 3 is 2.64 bits per heavy atom. The number of carbonyl (C=O) groups is 1. The molecule has 150 valence electrons. The van der Waals surface area contributed by atoms with Crippen molar-refractivity contribution in [2.45, 2.75) is 44.7 Å². The molecule has 2 aliphatic heterocycles. The highest BCUT2D eigenvalue weighted by atomic mass is 35.5. The van der Waals surface area contributed by atoms with E-state index in [9.17, 15) is 13.6 Å². The van der Waals surface area contributed by atoms with E-state index in [1.54, 1.807) is 4.90 Å². The van der Waals surface area contributed by atoms with Crippen molar-refractivity contribution in [3.63, 3.8) is 0 Å². The van der Waals surface area contributed by atoms with Crippen molar-refractivity contribution in [1.82, 2.24) is 14.9 Å². The number of carbonyl (C=O) groups excluding carboxylic acids is 1. The number of unbranched alkanes of at least 4 members (excludes halogenated alkanes) is 1. The van der Waals surface area contributed by atoms with Crippen LogP contribution in [0.2, 0.25) is 5.28 Å². The minimum Gasteiger partial charge on any atom is -0.449 e. The first kappa shape index (κ1) is 19.1. The molecule has 2 aliphatic rings. The maximum atomic E-state index is 14.2. The highest BCUT2D eigenvalue weighted by Gasteiger charge is 2.44. The molecule has 2 unspecified atom stereocenters. The molecule has 2 fully saturated rings. The SMILES string of the molecule is CCCCOC(=O)N1C2CCC1CN(c1nc(Cl)nc3c(F)cc(F)cc13)C2. The van der Waals surface area contributed by atoms with Crippen LogP contribution in [0.5, 0.6) is 0 Å². The van der Waals surface area contributed by atoms with Crippen LogP contribution in [0.25, 0.3) is 10.9 Å². The van der Waals surface area contributed by atoms with Crippen molar-refractivity contribution in [2.24, 2.45) is 0 Å². The highest BCUT2D eigenvalue weighted by Crippen LogP contribution is 2.36. The standard InChI is InChI=1S/C19H21ClF2N4O2/c1-2-3-6-28-19(27)26-12-4-5-13(26)10-25(9-12)17-14-7-11(21)8-15(22)16(14)23-18(20)24-17/h7-8,12-13H,2-6,9-10H2,1H3. The average molecular weight is 411 g/mol. The van der Waals surface area contributed by atoms with E-state index >= 15 is 0 Å². The third-order valence-electron chi connectivity index (χ3n) is 5.39. The number of ether oxygens (including phenoxy) is 1. The van der Waals surface area contributed by atoms with E-state index in [4.69, 9.17) is 16.3 Å². The van der Waals surface area contributed by atoms with Crippen LogP contribution in [0.3, 0.4) is 0 Å². The lowest BCUT2D eigenvalue weighted by atomic mass is 10.1. The summed E-state index contributed by atoms with van der Waals surface area (Å²) in [5, 5.41) is 0.182. The van der Waals surface area contributed by atoms with Crippen LogP contribution in [0.15, 0.2) is 12.1 Å². The van der Waals surface area contributed by atoms with E-state index in [2.05, 4.69) is 9.97 Å². The van der Waals surface area contributed by atoms with Gasteiger partial charge in [-0.2, -0.15) is 4.98 Å². The Hall–Kier alpha value is -2.22. The summed E-state index contributed by atoms with van der Waals surface area (Å²) < 4.78 is 33.4. The smallest absolute Gasteiger partial charge is 0.410 e. The quantitative estimate of drug-likeness (QED) is 0.559. The maximum Gasteiger partial charge on any atom is 0.410 e. The molecule has 4 rings (SSSR count). The van der Waals surface area contributed by atoms with Gasteiger partial charge in [-0.15, -0.1) is 0 Å². The van der Waals surface area contributed by atoms with E-state index in [0.717, 1.165) is 31.7 Å². The van der Waals surface area contributed by atoms with Crippen molar-refractivity contribution in [2.75, 3.05) is 24.6 Å². The molecule has 28 heavy (non-hydrogen) atoms. The van der Waals surface area contributed by atoms with Crippen molar-refractivity contribution < 1.29 is 18.3 Å². The number of amides is 1. The molecule has 0 spiro atoms. The van der Waals surface area contributed by atoms with Gasteiger partial charge in [0.25, 0.3) is 0 Å². The zero-order chi connectivity index (χ0) is 19.8. The summed E-state index contributed by atoms with van der Waals surface area (Å²) in [4.78, 5) is 24.4. The second kappa shape index (κ2) is 7.66. The average Bonchev–Trinajstić information content (AvgIpc) is 2.92. The van der Waals surface area contributed by atoms with E-state index in [1.165, 1.54) is 6.07 Å². The molecule has 9 heteroatoms. The minimum atomic E-state index is -0.776. The molecule has 0 aliphatic carbocycles. The normalized spacial score (nSPS) is 21.4. The summed E-state index contributed by atoms with van der Waals surface area (Å²) in [6.45, 7) is 3.46. The van der Waals surface area contributed by atoms with E-state index in [-0.39, 0.29) is 34.4 Å². The van der Waals surface area contributed by atoms with Gasteiger partial charge in [0.15, 0.2) is 5.82 Å². The Bertz CT molecular complexity index is 899. The van der Waals surface area contributed by atoms with Crippen LogP contribution in [-0.2, 0) is 4.74 Å². The molecule has 0 saturated carbocycles. The number of rotatable bonds is 4. The van der Waals surface area contributed by atoms with Crippen LogP contribution in [-0.4, -0.2) is 52.7 Å². The fraction of sp³-hybridized carbons (Fsp3) is 0.526. The summed E-state index contributed by atoms with van der Waals surface area (Å²) in [7, 11) is 0. The minimum absolute atomic E-state index is 0.00912. The van der Waals surface area contributed by atoms with Crippen molar-refractivity contribution in [3.05, 3.63) is 29.1 Å². The van der Waals surface area contributed by atoms with Crippen LogP contribution in [0.4, 0.5) is 19.4 Å². The summed E-state index contributed by atoms with van der Waals surface area (Å²) in [5.41, 5.74) is -0.00912. The Morgan fingerprint density at radius 1 is 1.25 bits per heavy atom. The first-order valence-electron chi connectivity index (χ1n) is 9.50. The van der Waals surface area contributed by atoms with E-state index in [1.807, 2.05) is 11.8 Å². The van der Waals surface area contributed by atoms with Gasteiger partial charge in [-0.1, -0.05) is 13.3 Å². The molecule has 2 atom stereocenters. The topological polar surface area (TPSA) is 58.6 Å². The molecule has 0 N–H and O–H groups in total. The maximum absolute atomic E-state index is 14.2. The Balaban J connectivity index is 1.61. The van der Waals surface area contributed by atoms with Crippen LogP contribution < -0.4 is 4.90 Å². The van der Waals surface area contributed by atoms with Gasteiger partial charge in [-0.25, -0.2) is 18.6 Å². The number of nitrogens with zero attached hydrogens (tertiary/aromatic N) is 4. The third kappa shape index (κ3) is 3.45. The molecule has 2 bridgehead atoms. The number of halogens is 3. The van der Waals surface area contributed by atoms with Crippen molar-refractivity contribution in [3.8, 4) is 0 Å². The number of anilines is 1. The van der Waals surface area contributed by atoms with Gasteiger partial charge < -0.3 is 9.64 Å². The Kier molecular flexibility index (Phi) is 5.23. The van der Waals surface area contributed by atoms with Crippen molar-refractivity contribution >= 4 is 34.4 Å². The predicted molar refractivity (Wildman–Crippen MR) is 102 cm³/mol. The lowest BCUT2D eigenvalue weighted by molar-refractivity contribution is 0.0777. The van der Waals surface area contributed by atoms with Gasteiger partial charge in [0, 0.05) is 24.5 Å². The van der Waals surface area contributed by atoms with Gasteiger partial charge in [-0.3, -0.25) is 4.90 Å². The number of fused-ring (bicyclic) bond motifs is 3.